The SMILES string of the molecule is O=S(=O)(NCCC1CC1)c1ccc(CNC2CC2)o1. The number of rotatable bonds is 8. The van der Waals surface area contributed by atoms with Gasteiger partial charge in [-0.05, 0) is 37.3 Å². The van der Waals surface area contributed by atoms with Gasteiger partial charge in [0.25, 0.3) is 10.0 Å². The zero-order chi connectivity index (χ0) is 13.3. The second-order valence-electron chi connectivity index (χ2n) is 5.51. The Balaban J connectivity index is 1.52. The van der Waals surface area contributed by atoms with Crippen LogP contribution in [0.4, 0.5) is 0 Å². The van der Waals surface area contributed by atoms with Crippen molar-refractivity contribution in [3.8, 4) is 0 Å². The van der Waals surface area contributed by atoms with E-state index in [0.717, 1.165) is 12.3 Å². The minimum absolute atomic E-state index is 0.0240. The van der Waals surface area contributed by atoms with Crippen molar-refractivity contribution >= 4 is 10.0 Å². The van der Waals surface area contributed by atoms with E-state index in [1.165, 1.54) is 31.7 Å². The van der Waals surface area contributed by atoms with E-state index >= 15 is 0 Å². The predicted molar refractivity (Wildman–Crippen MR) is 71.1 cm³/mol. The molecule has 3 rings (SSSR count). The van der Waals surface area contributed by atoms with Crippen molar-refractivity contribution in [3.05, 3.63) is 17.9 Å². The molecule has 2 N–H and O–H groups in total. The van der Waals surface area contributed by atoms with Gasteiger partial charge in [0, 0.05) is 12.6 Å². The van der Waals surface area contributed by atoms with Gasteiger partial charge in [-0.15, -0.1) is 0 Å². The molecule has 1 heterocycles. The largest absolute Gasteiger partial charge is 0.447 e. The maximum atomic E-state index is 12.0. The lowest BCUT2D eigenvalue weighted by molar-refractivity contribution is 0.399. The summed E-state index contributed by atoms with van der Waals surface area (Å²) in [7, 11) is -3.47. The van der Waals surface area contributed by atoms with Crippen LogP contribution in [0, 0.1) is 5.92 Å². The Morgan fingerprint density at radius 3 is 2.68 bits per heavy atom. The van der Waals surface area contributed by atoms with Gasteiger partial charge in [0.05, 0.1) is 6.54 Å². The van der Waals surface area contributed by atoms with Crippen LogP contribution in [0.1, 0.15) is 37.9 Å². The lowest BCUT2D eigenvalue weighted by atomic mass is 10.3. The van der Waals surface area contributed by atoms with Gasteiger partial charge >= 0.3 is 0 Å². The second kappa shape index (κ2) is 5.26. The highest BCUT2D eigenvalue weighted by Gasteiger charge is 2.24. The first-order valence-electron chi connectivity index (χ1n) is 6.95. The lowest BCUT2D eigenvalue weighted by Gasteiger charge is -2.03. The molecule has 0 radical (unpaired) electrons. The minimum atomic E-state index is -3.47. The highest BCUT2D eigenvalue weighted by atomic mass is 32.2. The normalized spacial score (nSPS) is 19.8. The van der Waals surface area contributed by atoms with Crippen LogP contribution in [0.15, 0.2) is 21.6 Å². The van der Waals surface area contributed by atoms with Gasteiger partial charge in [0.2, 0.25) is 5.09 Å². The fraction of sp³-hybridized carbons (Fsp3) is 0.692. The number of hydrogen-bond acceptors (Lipinski definition) is 4. The third-order valence-corrected chi connectivity index (χ3v) is 4.92. The second-order valence-corrected chi connectivity index (χ2v) is 7.20. The van der Waals surface area contributed by atoms with Crippen LogP contribution in [-0.2, 0) is 16.6 Å². The van der Waals surface area contributed by atoms with Crippen LogP contribution >= 0.6 is 0 Å². The van der Waals surface area contributed by atoms with Crippen molar-refractivity contribution in [1.29, 1.82) is 0 Å². The van der Waals surface area contributed by atoms with Crippen LogP contribution in [0.2, 0.25) is 0 Å². The smallest absolute Gasteiger partial charge is 0.273 e. The summed E-state index contributed by atoms with van der Waals surface area (Å²) in [5.41, 5.74) is 0. The third kappa shape index (κ3) is 3.81. The van der Waals surface area contributed by atoms with Gasteiger partial charge in [-0.3, -0.25) is 0 Å². The van der Waals surface area contributed by atoms with E-state index in [2.05, 4.69) is 10.0 Å². The molecule has 0 spiro atoms. The molecule has 19 heavy (non-hydrogen) atoms. The Morgan fingerprint density at radius 2 is 2.00 bits per heavy atom. The van der Waals surface area contributed by atoms with Gasteiger partial charge in [-0.25, -0.2) is 13.1 Å². The summed E-state index contributed by atoms with van der Waals surface area (Å²) >= 11 is 0. The maximum absolute atomic E-state index is 12.0. The molecule has 1 aromatic rings. The van der Waals surface area contributed by atoms with Crippen molar-refractivity contribution in [2.24, 2.45) is 5.92 Å². The minimum Gasteiger partial charge on any atom is -0.447 e. The predicted octanol–water partition coefficient (Wildman–Crippen LogP) is 1.61. The van der Waals surface area contributed by atoms with E-state index in [-0.39, 0.29) is 5.09 Å². The van der Waals surface area contributed by atoms with Gasteiger partial charge < -0.3 is 9.73 Å². The molecule has 2 aliphatic rings. The molecule has 2 saturated carbocycles. The molecule has 106 valence electrons. The maximum Gasteiger partial charge on any atom is 0.273 e. The van der Waals surface area contributed by atoms with Crippen LogP contribution < -0.4 is 10.0 Å². The Morgan fingerprint density at radius 1 is 1.21 bits per heavy atom. The molecule has 1 aromatic heterocycles. The molecule has 0 unspecified atom stereocenters. The summed E-state index contributed by atoms with van der Waals surface area (Å²) in [5, 5.41) is 3.32. The number of hydrogen-bond donors (Lipinski definition) is 2. The summed E-state index contributed by atoms with van der Waals surface area (Å²) in [6, 6.07) is 3.84. The zero-order valence-electron chi connectivity index (χ0n) is 10.9. The summed E-state index contributed by atoms with van der Waals surface area (Å²) in [4.78, 5) is 0. The van der Waals surface area contributed by atoms with Crippen LogP contribution in [0.5, 0.6) is 0 Å². The van der Waals surface area contributed by atoms with Gasteiger partial charge in [-0.2, -0.15) is 0 Å². The van der Waals surface area contributed by atoms with Crippen LogP contribution in [0.25, 0.3) is 0 Å². The molecule has 0 atom stereocenters. The molecule has 0 aliphatic heterocycles. The Labute approximate surface area is 113 Å². The highest BCUT2D eigenvalue weighted by Crippen LogP contribution is 2.31. The molecule has 2 fully saturated rings. The summed E-state index contributed by atoms with van der Waals surface area (Å²) in [6.07, 6.45) is 5.80. The quantitative estimate of drug-likeness (QED) is 0.761. The Kier molecular flexibility index (Phi) is 3.64. The standard InChI is InChI=1S/C13H20N2O3S/c16-19(17,15-8-7-10-1-2-10)13-6-5-12(18-13)9-14-11-3-4-11/h5-6,10-11,14-15H,1-4,7-9H2. The third-order valence-electron chi connectivity index (χ3n) is 3.59. The van der Waals surface area contributed by atoms with Crippen molar-refractivity contribution in [1.82, 2.24) is 10.0 Å². The zero-order valence-corrected chi connectivity index (χ0v) is 11.7. The van der Waals surface area contributed by atoms with Crippen molar-refractivity contribution < 1.29 is 12.8 Å². The summed E-state index contributed by atoms with van der Waals surface area (Å²) in [6.45, 7) is 1.10. The molecule has 2 aliphatic carbocycles. The molecule has 0 saturated heterocycles. The summed E-state index contributed by atoms with van der Waals surface area (Å²) < 4.78 is 31.9. The van der Waals surface area contributed by atoms with Crippen molar-refractivity contribution in [2.75, 3.05) is 6.54 Å². The van der Waals surface area contributed by atoms with Gasteiger partial charge in [-0.1, -0.05) is 12.8 Å². The van der Waals surface area contributed by atoms with E-state index in [1.807, 2.05) is 0 Å². The topological polar surface area (TPSA) is 71.3 Å². The fourth-order valence-electron chi connectivity index (χ4n) is 2.01. The van der Waals surface area contributed by atoms with E-state index in [0.29, 0.717) is 24.9 Å². The highest BCUT2D eigenvalue weighted by molar-refractivity contribution is 7.89. The molecular formula is C13H20N2O3S. The van der Waals surface area contributed by atoms with E-state index in [9.17, 15) is 8.42 Å². The first-order valence-corrected chi connectivity index (χ1v) is 8.43. The molecule has 6 heteroatoms. The first-order chi connectivity index (χ1) is 9.13. The van der Waals surface area contributed by atoms with Gasteiger partial charge in [0.1, 0.15) is 5.76 Å². The van der Waals surface area contributed by atoms with Crippen LogP contribution in [-0.4, -0.2) is 21.0 Å². The number of sulfonamides is 1. The average molecular weight is 284 g/mol. The molecule has 0 amide bonds. The van der Waals surface area contributed by atoms with E-state index < -0.39 is 10.0 Å². The fourth-order valence-corrected chi connectivity index (χ4v) is 3.00. The van der Waals surface area contributed by atoms with E-state index in [1.54, 1.807) is 6.07 Å². The van der Waals surface area contributed by atoms with Crippen molar-refractivity contribution in [3.63, 3.8) is 0 Å². The van der Waals surface area contributed by atoms with E-state index in [4.69, 9.17) is 4.42 Å². The number of nitrogens with one attached hydrogen (secondary N) is 2. The monoisotopic (exact) mass is 284 g/mol. The average Bonchev–Trinajstić information content (AvgIpc) is 3.28. The number of furan rings is 1. The Hall–Kier alpha value is -0.850. The lowest BCUT2D eigenvalue weighted by Crippen LogP contribution is -2.24. The molecule has 0 aromatic carbocycles. The first kappa shape index (κ1) is 13.1. The summed E-state index contributed by atoms with van der Waals surface area (Å²) in [5.74, 6) is 1.40. The van der Waals surface area contributed by atoms with Crippen molar-refractivity contribution in [2.45, 2.75) is 49.8 Å². The molecule has 5 nitrogen and oxygen atoms in total. The Bertz CT molecular complexity index is 530. The molecule has 0 bridgehead atoms. The molecular weight excluding hydrogens is 264 g/mol. The van der Waals surface area contributed by atoms with Gasteiger partial charge in [0.15, 0.2) is 0 Å². The van der Waals surface area contributed by atoms with Crippen LogP contribution in [0.3, 0.4) is 0 Å².